The van der Waals surface area contributed by atoms with E-state index in [2.05, 4.69) is 0 Å². The summed E-state index contributed by atoms with van der Waals surface area (Å²) in [5.41, 5.74) is 2.65. The summed E-state index contributed by atoms with van der Waals surface area (Å²) >= 11 is 0. The minimum absolute atomic E-state index is 0.162. The lowest BCUT2D eigenvalue weighted by Gasteiger charge is -2.29. The molecule has 1 aliphatic rings. The van der Waals surface area contributed by atoms with Gasteiger partial charge in [-0.1, -0.05) is 42.5 Å². The summed E-state index contributed by atoms with van der Waals surface area (Å²) in [6, 6.07) is 24.8. The van der Waals surface area contributed by atoms with Gasteiger partial charge in [0.15, 0.2) is 17.6 Å². The molecule has 1 atom stereocenters. The standard InChI is InChI=1S/C27H25N3O4/c1-29(16-20-18-33-24-14-8-9-15-25(24)34-20)27(31)22-17-30(19-10-4-3-5-11-19)28-26(22)21-12-6-7-13-23(21)32-2/h3-15,17,20H,16,18H2,1-2H3/t20-/m1/s1. The molecule has 0 N–H and O–H groups in total. The van der Waals surface area contributed by atoms with Crippen LogP contribution in [0.1, 0.15) is 10.4 Å². The van der Waals surface area contributed by atoms with Crippen molar-refractivity contribution in [2.75, 3.05) is 27.3 Å². The Morgan fingerprint density at radius 2 is 1.74 bits per heavy atom. The van der Waals surface area contributed by atoms with Crippen LogP contribution in [0, 0.1) is 0 Å². The van der Waals surface area contributed by atoms with E-state index < -0.39 is 0 Å². The summed E-state index contributed by atoms with van der Waals surface area (Å²) in [7, 11) is 3.37. The molecule has 4 aromatic rings. The summed E-state index contributed by atoms with van der Waals surface area (Å²) in [5.74, 6) is 1.89. The second kappa shape index (κ2) is 9.31. The highest BCUT2D eigenvalue weighted by Gasteiger charge is 2.27. The molecule has 172 valence electrons. The van der Waals surface area contributed by atoms with Gasteiger partial charge in [0.2, 0.25) is 0 Å². The van der Waals surface area contributed by atoms with E-state index in [1.165, 1.54) is 0 Å². The maximum Gasteiger partial charge on any atom is 0.257 e. The lowest BCUT2D eigenvalue weighted by Crippen LogP contribution is -2.41. The van der Waals surface area contributed by atoms with Crippen molar-refractivity contribution in [1.82, 2.24) is 14.7 Å². The van der Waals surface area contributed by atoms with E-state index in [1.54, 1.807) is 29.9 Å². The molecule has 0 saturated carbocycles. The molecule has 1 amide bonds. The fraction of sp³-hybridized carbons (Fsp3) is 0.185. The van der Waals surface area contributed by atoms with Crippen LogP contribution >= 0.6 is 0 Å². The van der Waals surface area contributed by atoms with Gasteiger partial charge >= 0.3 is 0 Å². The third-order valence-electron chi connectivity index (χ3n) is 5.72. The Hall–Kier alpha value is -4.26. The molecular weight excluding hydrogens is 430 g/mol. The van der Waals surface area contributed by atoms with E-state index in [-0.39, 0.29) is 12.0 Å². The summed E-state index contributed by atoms with van der Waals surface area (Å²) in [6.07, 6.45) is 1.49. The van der Waals surface area contributed by atoms with Crippen molar-refractivity contribution in [3.63, 3.8) is 0 Å². The van der Waals surface area contributed by atoms with Crippen LogP contribution in [0.4, 0.5) is 0 Å². The Bertz CT molecular complexity index is 1300. The van der Waals surface area contributed by atoms with Crippen LogP contribution in [0.25, 0.3) is 16.9 Å². The van der Waals surface area contributed by atoms with Crippen LogP contribution in [-0.2, 0) is 0 Å². The highest BCUT2D eigenvalue weighted by atomic mass is 16.6. The predicted octanol–water partition coefficient (Wildman–Crippen LogP) is 4.46. The van der Waals surface area contributed by atoms with Gasteiger partial charge in [-0.2, -0.15) is 5.10 Å². The van der Waals surface area contributed by atoms with Gasteiger partial charge in [0.05, 0.1) is 24.9 Å². The van der Waals surface area contributed by atoms with Crippen molar-refractivity contribution >= 4 is 5.91 Å². The quantitative estimate of drug-likeness (QED) is 0.430. The van der Waals surface area contributed by atoms with E-state index >= 15 is 0 Å². The molecule has 0 fully saturated rings. The molecule has 7 heteroatoms. The predicted molar refractivity (Wildman–Crippen MR) is 129 cm³/mol. The van der Waals surface area contributed by atoms with Gasteiger partial charge in [-0.05, 0) is 36.4 Å². The zero-order chi connectivity index (χ0) is 23.5. The van der Waals surface area contributed by atoms with Crippen molar-refractivity contribution in [2.45, 2.75) is 6.10 Å². The van der Waals surface area contributed by atoms with E-state index in [1.807, 2.05) is 78.9 Å². The highest BCUT2D eigenvalue weighted by molar-refractivity contribution is 6.00. The van der Waals surface area contributed by atoms with Crippen LogP contribution in [0.15, 0.2) is 85.1 Å². The van der Waals surface area contributed by atoms with Crippen molar-refractivity contribution in [3.05, 3.63) is 90.6 Å². The number of likely N-dealkylation sites (N-methyl/N-ethyl adjacent to an activating group) is 1. The minimum atomic E-state index is -0.275. The van der Waals surface area contributed by atoms with E-state index in [0.29, 0.717) is 35.9 Å². The van der Waals surface area contributed by atoms with Crippen molar-refractivity contribution in [2.24, 2.45) is 0 Å². The molecule has 0 bridgehead atoms. The van der Waals surface area contributed by atoms with E-state index in [4.69, 9.17) is 19.3 Å². The second-order valence-electron chi connectivity index (χ2n) is 8.06. The first-order chi connectivity index (χ1) is 16.6. The molecule has 0 radical (unpaired) electrons. The molecule has 1 aromatic heterocycles. The molecule has 0 aliphatic carbocycles. The summed E-state index contributed by atoms with van der Waals surface area (Å²) in [6.45, 7) is 0.742. The van der Waals surface area contributed by atoms with Gasteiger partial charge in [-0.3, -0.25) is 4.79 Å². The number of carbonyl (C=O) groups is 1. The molecule has 2 heterocycles. The number of hydrogen-bond acceptors (Lipinski definition) is 5. The van der Waals surface area contributed by atoms with Crippen molar-refractivity contribution in [3.8, 4) is 34.2 Å². The largest absolute Gasteiger partial charge is 0.496 e. The molecule has 0 saturated heterocycles. The van der Waals surface area contributed by atoms with Crippen LogP contribution in [0.2, 0.25) is 0 Å². The Morgan fingerprint density at radius 1 is 1.03 bits per heavy atom. The lowest BCUT2D eigenvalue weighted by molar-refractivity contribution is 0.0521. The molecule has 0 spiro atoms. The Morgan fingerprint density at radius 3 is 2.53 bits per heavy atom. The Kier molecular flexibility index (Phi) is 5.91. The molecule has 1 aliphatic heterocycles. The molecule has 7 nitrogen and oxygen atoms in total. The summed E-state index contributed by atoms with van der Waals surface area (Å²) in [5, 5.41) is 4.77. The number of carbonyl (C=O) groups excluding carboxylic acids is 1. The van der Waals surface area contributed by atoms with Gasteiger partial charge < -0.3 is 19.1 Å². The van der Waals surface area contributed by atoms with Crippen LogP contribution < -0.4 is 14.2 Å². The normalized spacial score (nSPS) is 14.5. The Labute approximate surface area is 198 Å². The first-order valence-corrected chi connectivity index (χ1v) is 11.1. The fourth-order valence-corrected chi connectivity index (χ4v) is 4.03. The first kappa shape index (κ1) is 21.6. The van der Waals surface area contributed by atoms with Crippen LogP contribution in [0.5, 0.6) is 17.2 Å². The maximum absolute atomic E-state index is 13.6. The summed E-state index contributed by atoms with van der Waals surface area (Å²) < 4.78 is 19.1. The number of fused-ring (bicyclic) bond motifs is 1. The number of aromatic nitrogens is 2. The van der Waals surface area contributed by atoms with E-state index in [0.717, 1.165) is 17.0 Å². The number of ether oxygens (including phenoxy) is 3. The monoisotopic (exact) mass is 455 g/mol. The summed E-state index contributed by atoms with van der Waals surface area (Å²) in [4.78, 5) is 15.3. The molecular formula is C27H25N3O4. The third kappa shape index (κ3) is 4.20. The van der Waals surface area contributed by atoms with Crippen molar-refractivity contribution < 1.29 is 19.0 Å². The zero-order valence-corrected chi connectivity index (χ0v) is 19.0. The maximum atomic E-state index is 13.6. The number of para-hydroxylation sites is 4. The van der Waals surface area contributed by atoms with Gasteiger partial charge in [-0.25, -0.2) is 4.68 Å². The second-order valence-corrected chi connectivity index (χ2v) is 8.06. The van der Waals surface area contributed by atoms with E-state index in [9.17, 15) is 4.79 Å². The molecule has 3 aromatic carbocycles. The third-order valence-corrected chi connectivity index (χ3v) is 5.72. The van der Waals surface area contributed by atoms with Gasteiger partial charge in [0.1, 0.15) is 18.1 Å². The minimum Gasteiger partial charge on any atom is -0.496 e. The smallest absolute Gasteiger partial charge is 0.257 e. The molecule has 0 unspecified atom stereocenters. The van der Waals surface area contributed by atoms with Gasteiger partial charge in [0, 0.05) is 18.8 Å². The number of methoxy groups -OCH3 is 1. The molecule has 34 heavy (non-hydrogen) atoms. The fourth-order valence-electron chi connectivity index (χ4n) is 4.03. The average molecular weight is 456 g/mol. The SMILES string of the molecule is COc1ccccc1-c1nn(-c2ccccc2)cc1C(=O)N(C)C[C@@H]1COc2ccccc2O1. The van der Waals surface area contributed by atoms with Crippen LogP contribution in [0.3, 0.4) is 0 Å². The topological polar surface area (TPSA) is 65.8 Å². The highest BCUT2D eigenvalue weighted by Crippen LogP contribution is 2.33. The number of hydrogen-bond donors (Lipinski definition) is 0. The first-order valence-electron chi connectivity index (χ1n) is 11.1. The number of benzene rings is 3. The van der Waals surface area contributed by atoms with Gasteiger partial charge in [0.25, 0.3) is 5.91 Å². The number of rotatable bonds is 6. The number of nitrogens with zero attached hydrogens (tertiary/aromatic N) is 3. The number of amides is 1. The zero-order valence-electron chi connectivity index (χ0n) is 19.0. The lowest BCUT2D eigenvalue weighted by atomic mass is 10.1. The average Bonchev–Trinajstić information content (AvgIpc) is 3.34. The van der Waals surface area contributed by atoms with Gasteiger partial charge in [-0.15, -0.1) is 0 Å². The molecule has 5 rings (SSSR count). The Balaban J connectivity index is 1.46. The van der Waals surface area contributed by atoms with Crippen molar-refractivity contribution in [1.29, 1.82) is 0 Å². The van der Waals surface area contributed by atoms with Crippen LogP contribution in [-0.4, -0.2) is 54.0 Å².